The molecule has 2 N–H and O–H groups in total. The fraction of sp³-hybridized carbons (Fsp3) is 0.867. The third kappa shape index (κ3) is 7.85. The second-order valence-electron chi connectivity index (χ2n) is 5.87. The molecule has 0 aliphatic heterocycles. The van der Waals surface area contributed by atoms with E-state index in [1.165, 1.54) is 0 Å². The quantitative estimate of drug-likeness (QED) is 0.641. The van der Waals surface area contributed by atoms with Crippen LogP contribution in [0.1, 0.15) is 66.2 Å². The molecule has 0 fully saturated rings. The number of amides is 1. The van der Waals surface area contributed by atoms with Crippen LogP contribution in [-0.2, 0) is 9.59 Å². The largest absolute Gasteiger partial charge is 0.481 e. The molecule has 4 nitrogen and oxygen atoms in total. The van der Waals surface area contributed by atoms with Crippen LogP contribution < -0.4 is 5.32 Å². The molecule has 0 aromatic heterocycles. The van der Waals surface area contributed by atoms with E-state index < -0.39 is 5.97 Å². The van der Waals surface area contributed by atoms with Gasteiger partial charge in [-0.25, -0.2) is 0 Å². The molecule has 1 amide bonds. The van der Waals surface area contributed by atoms with Crippen molar-refractivity contribution in [3.63, 3.8) is 0 Å². The van der Waals surface area contributed by atoms with Crippen LogP contribution in [0.5, 0.6) is 0 Å². The van der Waals surface area contributed by atoms with Gasteiger partial charge in [0.05, 0.1) is 0 Å². The highest BCUT2D eigenvalue weighted by molar-refractivity contribution is 5.81. The van der Waals surface area contributed by atoms with E-state index in [-0.39, 0.29) is 17.7 Å². The van der Waals surface area contributed by atoms with Gasteiger partial charge in [-0.05, 0) is 25.2 Å². The zero-order chi connectivity index (χ0) is 14.9. The summed E-state index contributed by atoms with van der Waals surface area (Å²) in [4.78, 5) is 22.5. The van der Waals surface area contributed by atoms with E-state index in [0.29, 0.717) is 18.9 Å². The fourth-order valence-corrected chi connectivity index (χ4v) is 1.96. The Balaban J connectivity index is 4.05. The first-order valence-electron chi connectivity index (χ1n) is 7.33. The second kappa shape index (κ2) is 8.94. The molecule has 112 valence electrons. The van der Waals surface area contributed by atoms with Crippen LogP contribution in [0.3, 0.4) is 0 Å². The zero-order valence-corrected chi connectivity index (χ0v) is 12.8. The van der Waals surface area contributed by atoms with Gasteiger partial charge in [-0.2, -0.15) is 0 Å². The molecule has 0 saturated heterocycles. The molecule has 0 aliphatic carbocycles. The number of hydrogen-bond donors (Lipinski definition) is 2. The number of aliphatic carboxylic acids is 1. The highest BCUT2D eigenvalue weighted by Crippen LogP contribution is 2.20. The summed E-state index contributed by atoms with van der Waals surface area (Å²) in [5.41, 5.74) is -0.318. The van der Waals surface area contributed by atoms with Crippen LogP contribution in [0.15, 0.2) is 0 Å². The smallest absolute Gasteiger partial charge is 0.303 e. The van der Waals surface area contributed by atoms with Crippen molar-refractivity contribution in [2.24, 2.45) is 11.3 Å². The molecule has 0 aromatic carbocycles. The van der Waals surface area contributed by atoms with E-state index in [9.17, 15) is 9.59 Å². The molecule has 0 rings (SSSR count). The highest BCUT2D eigenvalue weighted by Gasteiger charge is 2.24. The molecule has 4 heteroatoms. The van der Waals surface area contributed by atoms with Crippen molar-refractivity contribution in [1.82, 2.24) is 5.32 Å². The average molecular weight is 271 g/mol. The lowest BCUT2D eigenvalue weighted by Gasteiger charge is -2.22. The van der Waals surface area contributed by atoms with Gasteiger partial charge >= 0.3 is 5.97 Å². The Kier molecular flexibility index (Phi) is 8.44. The lowest BCUT2D eigenvalue weighted by molar-refractivity contribution is -0.137. The highest BCUT2D eigenvalue weighted by atomic mass is 16.4. The standard InChI is InChI=1S/C15H29NO3/c1-5-7-12(8-9-13(17)18)10-11-16-14(19)15(3,4)6-2/h12H,5-11H2,1-4H3,(H,16,19)(H,17,18). The number of carbonyl (C=O) groups excluding carboxylic acids is 1. The summed E-state index contributed by atoms with van der Waals surface area (Å²) in [5, 5.41) is 11.7. The minimum atomic E-state index is -0.739. The van der Waals surface area contributed by atoms with Crippen molar-refractivity contribution < 1.29 is 14.7 Å². The molecule has 0 radical (unpaired) electrons. The topological polar surface area (TPSA) is 66.4 Å². The molecule has 0 aromatic rings. The van der Waals surface area contributed by atoms with Gasteiger partial charge in [-0.3, -0.25) is 9.59 Å². The van der Waals surface area contributed by atoms with Crippen molar-refractivity contribution in [1.29, 1.82) is 0 Å². The third-order valence-corrected chi connectivity index (χ3v) is 3.80. The molecule has 0 spiro atoms. The van der Waals surface area contributed by atoms with Crippen LogP contribution in [-0.4, -0.2) is 23.5 Å². The zero-order valence-electron chi connectivity index (χ0n) is 12.8. The Morgan fingerprint density at radius 2 is 1.79 bits per heavy atom. The lowest BCUT2D eigenvalue weighted by Crippen LogP contribution is -2.37. The van der Waals surface area contributed by atoms with Gasteiger partial charge in [0.1, 0.15) is 0 Å². The number of rotatable bonds is 10. The minimum Gasteiger partial charge on any atom is -0.481 e. The Hall–Kier alpha value is -1.06. The van der Waals surface area contributed by atoms with E-state index in [0.717, 1.165) is 25.7 Å². The molecule has 0 bridgehead atoms. The first-order chi connectivity index (χ1) is 8.83. The van der Waals surface area contributed by atoms with Gasteiger partial charge in [0.15, 0.2) is 0 Å². The summed E-state index contributed by atoms with van der Waals surface area (Å²) < 4.78 is 0. The van der Waals surface area contributed by atoms with Crippen LogP contribution in [0, 0.1) is 11.3 Å². The Morgan fingerprint density at radius 1 is 1.16 bits per heavy atom. The molecular formula is C15H29NO3. The van der Waals surface area contributed by atoms with E-state index in [1.807, 2.05) is 20.8 Å². The molecule has 0 aliphatic rings. The van der Waals surface area contributed by atoms with Crippen molar-refractivity contribution >= 4 is 11.9 Å². The molecule has 0 saturated carbocycles. The molecular weight excluding hydrogens is 242 g/mol. The van der Waals surface area contributed by atoms with E-state index >= 15 is 0 Å². The van der Waals surface area contributed by atoms with Gasteiger partial charge in [-0.15, -0.1) is 0 Å². The van der Waals surface area contributed by atoms with Crippen molar-refractivity contribution in [2.75, 3.05) is 6.54 Å². The predicted molar refractivity (Wildman–Crippen MR) is 77.0 cm³/mol. The van der Waals surface area contributed by atoms with E-state index in [2.05, 4.69) is 12.2 Å². The van der Waals surface area contributed by atoms with Crippen LogP contribution in [0.2, 0.25) is 0 Å². The Bertz CT molecular complexity index is 287. The van der Waals surface area contributed by atoms with Crippen LogP contribution >= 0.6 is 0 Å². The fourth-order valence-electron chi connectivity index (χ4n) is 1.96. The summed E-state index contributed by atoms with van der Waals surface area (Å²) >= 11 is 0. The summed E-state index contributed by atoms with van der Waals surface area (Å²) in [5.74, 6) is -0.258. The van der Waals surface area contributed by atoms with E-state index in [4.69, 9.17) is 5.11 Å². The average Bonchev–Trinajstić information content (AvgIpc) is 2.35. The van der Waals surface area contributed by atoms with E-state index in [1.54, 1.807) is 0 Å². The second-order valence-corrected chi connectivity index (χ2v) is 5.87. The molecule has 19 heavy (non-hydrogen) atoms. The first kappa shape index (κ1) is 17.9. The van der Waals surface area contributed by atoms with Gasteiger partial charge in [0.2, 0.25) is 5.91 Å². The van der Waals surface area contributed by atoms with Crippen molar-refractivity contribution in [3.8, 4) is 0 Å². The molecule has 1 unspecified atom stereocenters. The normalized spacial score (nSPS) is 13.1. The number of carboxylic acid groups (broad SMARTS) is 1. The molecule has 1 atom stereocenters. The van der Waals surface area contributed by atoms with Crippen LogP contribution in [0.25, 0.3) is 0 Å². The Labute approximate surface area is 117 Å². The monoisotopic (exact) mass is 271 g/mol. The minimum absolute atomic E-state index is 0.0866. The van der Waals surface area contributed by atoms with Gasteiger partial charge in [0, 0.05) is 18.4 Å². The lowest BCUT2D eigenvalue weighted by atomic mass is 9.89. The van der Waals surface area contributed by atoms with Crippen molar-refractivity contribution in [2.45, 2.75) is 66.2 Å². The number of carboxylic acids is 1. The molecule has 0 heterocycles. The summed E-state index contributed by atoms with van der Waals surface area (Å²) in [6, 6.07) is 0. The maximum atomic E-state index is 11.9. The van der Waals surface area contributed by atoms with Gasteiger partial charge in [0.25, 0.3) is 0 Å². The number of carbonyl (C=O) groups is 2. The maximum absolute atomic E-state index is 11.9. The first-order valence-corrected chi connectivity index (χ1v) is 7.33. The number of hydrogen-bond acceptors (Lipinski definition) is 2. The summed E-state index contributed by atoms with van der Waals surface area (Å²) in [7, 11) is 0. The third-order valence-electron chi connectivity index (χ3n) is 3.80. The van der Waals surface area contributed by atoms with Crippen molar-refractivity contribution in [3.05, 3.63) is 0 Å². The Morgan fingerprint density at radius 3 is 2.26 bits per heavy atom. The number of nitrogens with one attached hydrogen (secondary N) is 1. The van der Waals surface area contributed by atoms with Gasteiger partial charge < -0.3 is 10.4 Å². The van der Waals surface area contributed by atoms with Crippen LogP contribution in [0.4, 0.5) is 0 Å². The SMILES string of the molecule is CCCC(CCNC(=O)C(C)(C)CC)CCC(=O)O. The summed E-state index contributed by atoms with van der Waals surface area (Å²) in [6.07, 6.45) is 4.69. The van der Waals surface area contributed by atoms with Gasteiger partial charge in [-0.1, -0.05) is 40.5 Å². The summed E-state index contributed by atoms with van der Waals surface area (Å²) in [6.45, 7) is 8.64. The predicted octanol–water partition coefficient (Wildman–Crippen LogP) is 3.21. The maximum Gasteiger partial charge on any atom is 0.303 e.